The maximum Gasteiger partial charge on any atom is 0.173 e. The van der Waals surface area contributed by atoms with Crippen LogP contribution in [0.2, 0.25) is 0 Å². The van der Waals surface area contributed by atoms with Crippen molar-refractivity contribution in [1.29, 1.82) is 0 Å². The number of aromatic nitrogens is 2. The molecule has 0 amide bonds. The molecule has 0 aliphatic carbocycles. The fraction of sp³-hybridized carbons (Fsp3) is 0.769. The second kappa shape index (κ2) is 8.24. The molecule has 0 aliphatic heterocycles. The van der Waals surface area contributed by atoms with E-state index in [-0.39, 0.29) is 12.3 Å². The van der Waals surface area contributed by atoms with Gasteiger partial charge in [-0.1, -0.05) is 6.92 Å². The highest BCUT2D eigenvalue weighted by Crippen LogP contribution is 2.09. The molecule has 0 saturated carbocycles. The fourth-order valence-electron chi connectivity index (χ4n) is 1.93. The minimum atomic E-state index is -0.220. The average Bonchev–Trinajstić information content (AvgIpc) is 2.74. The van der Waals surface area contributed by atoms with E-state index in [1.54, 1.807) is 0 Å². The highest BCUT2D eigenvalue weighted by atomic mass is 16.7. The van der Waals surface area contributed by atoms with Gasteiger partial charge in [-0.25, -0.2) is 0 Å². The van der Waals surface area contributed by atoms with Crippen molar-refractivity contribution in [2.75, 3.05) is 19.8 Å². The van der Waals surface area contributed by atoms with Crippen molar-refractivity contribution in [1.82, 2.24) is 15.1 Å². The van der Waals surface area contributed by atoms with Gasteiger partial charge in [0.15, 0.2) is 6.29 Å². The van der Waals surface area contributed by atoms with Crippen LogP contribution in [0.15, 0.2) is 12.3 Å². The number of likely N-dealkylation sites (N-methyl/N-ethyl adjacent to an activating group) is 1. The highest BCUT2D eigenvalue weighted by Gasteiger charge is 2.22. The molecule has 0 spiro atoms. The van der Waals surface area contributed by atoms with Gasteiger partial charge in [-0.05, 0) is 26.5 Å². The number of nitrogens with zero attached hydrogens (tertiary/aromatic N) is 2. The lowest BCUT2D eigenvalue weighted by Crippen LogP contribution is -2.44. The number of ether oxygens (including phenoxy) is 2. The Kier molecular flexibility index (Phi) is 6.93. The summed E-state index contributed by atoms with van der Waals surface area (Å²) in [7, 11) is 1.92. The minimum absolute atomic E-state index is 0.129. The van der Waals surface area contributed by atoms with Gasteiger partial charge in [0.25, 0.3) is 0 Å². The largest absolute Gasteiger partial charge is 0.351 e. The second-order valence-corrected chi connectivity index (χ2v) is 4.13. The van der Waals surface area contributed by atoms with E-state index < -0.39 is 0 Å². The Hall–Kier alpha value is -0.910. The first-order valence-electron chi connectivity index (χ1n) is 6.66. The summed E-state index contributed by atoms with van der Waals surface area (Å²) in [6.07, 6.45) is 2.54. The monoisotopic (exact) mass is 255 g/mol. The van der Waals surface area contributed by atoms with E-state index in [9.17, 15) is 0 Å². The molecular weight excluding hydrogens is 230 g/mol. The molecule has 1 aromatic heterocycles. The van der Waals surface area contributed by atoms with Crippen LogP contribution in [0.3, 0.4) is 0 Å². The zero-order valence-electron chi connectivity index (χ0n) is 11.8. The van der Waals surface area contributed by atoms with E-state index in [0.29, 0.717) is 13.2 Å². The van der Waals surface area contributed by atoms with E-state index in [4.69, 9.17) is 9.47 Å². The first-order valence-corrected chi connectivity index (χ1v) is 6.66. The lowest BCUT2D eigenvalue weighted by atomic mass is 10.1. The van der Waals surface area contributed by atoms with Gasteiger partial charge in [0, 0.05) is 32.9 Å². The van der Waals surface area contributed by atoms with Crippen LogP contribution in [-0.2, 0) is 22.9 Å². The van der Waals surface area contributed by atoms with E-state index in [0.717, 1.165) is 18.7 Å². The molecule has 5 nitrogen and oxygen atoms in total. The molecule has 1 heterocycles. The predicted octanol–water partition coefficient (Wildman–Crippen LogP) is 1.34. The fourth-order valence-corrected chi connectivity index (χ4v) is 1.93. The molecule has 1 aromatic rings. The Balaban J connectivity index is 2.66. The lowest BCUT2D eigenvalue weighted by molar-refractivity contribution is -0.153. The van der Waals surface area contributed by atoms with E-state index in [2.05, 4.69) is 17.3 Å². The van der Waals surface area contributed by atoms with Crippen LogP contribution in [0.1, 0.15) is 26.5 Å². The zero-order valence-corrected chi connectivity index (χ0v) is 11.8. The first kappa shape index (κ1) is 15.1. The standard InChI is InChI=1S/C13H25N3O2/c1-5-14-12(13(17-6-2)18-7-3)10-11-8-9-16(4)15-11/h8-9,12-14H,5-7,10H2,1-4H3. The van der Waals surface area contributed by atoms with Crippen molar-refractivity contribution in [3.8, 4) is 0 Å². The van der Waals surface area contributed by atoms with Crippen molar-refractivity contribution < 1.29 is 9.47 Å². The SMILES string of the molecule is CCNC(Cc1ccn(C)n1)C(OCC)OCC. The van der Waals surface area contributed by atoms with E-state index in [1.807, 2.05) is 37.8 Å². The highest BCUT2D eigenvalue weighted by molar-refractivity contribution is 5.01. The summed E-state index contributed by atoms with van der Waals surface area (Å²) in [5.74, 6) is 0. The number of aryl methyl sites for hydroxylation is 1. The lowest BCUT2D eigenvalue weighted by Gasteiger charge is -2.26. The molecule has 0 radical (unpaired) electrons. The predicted molar refractivity (Wildman–Crippen MR) is 71.4 cm³/mol. The molecule has 5 heteroatoms. The van der Waals surface area contributed by atoms with Crippen molar-refractivity contribution in [3.05, 3.63) is 18.0 Å². The summed E-state index contributed by atoms with van der Waals surface area (Å²) in [5, 5.41) is 7.81. The molecule has 1 N–H and O–H groups in total. The molecule has 1 rings (SSSR count). The van der Waals surface area contributed by atoms with Crippen molar-refractivity contribution in [2.24, 2.45) is 7.05 Å². The van der Waals surface area contributed by atoms with Gasteiger partial charge >= 0.3 is 0 Å². The van der Waals surface area contributed by atoms with Gasteiger partial charge in [0.1, 0.15) is 0 Å². The normalized spacial score (nSPS) is 13.2. The summed E-state index contributed by atoms with van der Waals surface area (Å²) in [6, 6.07) is 2.16. The summed E-state index contributed by atoms with van der Waals surface area (Å²) >= 11 is 0. The van der Waals surface area contributed by atoms with Crippen LogP contribution in [0.25, 0.3) is 0 Å². The van der Waals surface area contributed by atoms with Crippen LogP contribution in [-0.4, -0.2) is 41.9 Å². The third kappa shape index (κ3) is 4.76. The van der Waals surface area contributed by atoms with E-state index >= 15 is 0 Å². The third-order valence-electron chi connectivity index (χ3n) is 2.65. The van der Waals surface area contributed by atoms with Crippen molar-refractivity contribution >= 4 is 0 Å². The van der Waals surface area contributed by atoms with Crippen LogP contribution in [0.4, 0.5) is 0 Å². The molecule has 18 heavy (non-hydrogen) atoms. The molecule has 0 saturated heterocycles. The molecule has 104 valence electrons. The maximum atomic E-state index is 5.66. The number of hydrogen-bond acceptors (Lipinski definition) is 4. The Bertz CT molecular complexity index is 322. The van der Waals surface area contributed by atoms with Gasteiger partial charge in [-0.15, -0.1) is 0 Å². The van der Waals surface area contributed by atoms with Crippen LogP contribution >= 0.6 is 0 Å². The smallest absolute Gasteiger partial charge is 0.173 e. The minimum Gasteiger partial charge on any atom is -0.351 e. The molecule has 0 aliphatic rings. The Morgan fingerprint density at radius 1 is 1.28 bits per heavy atom. The van der Waals surface area contributed by atoms with Crippen LogP contribution in [0.5, 0.6) is 0 Å². The van der Waals surface area contributed by atoms with Gasteiger partial charge < -0.3 is 14.8 Å². The molecule has 0 aromatic carbocycles. The summed E-state index contributed by atoms with van der Waals surface area (Å²) < 4.78 is 13.1. The van der Waals surface area contributed by atoms with Crippen LogP contribution < -0.4 is 5.32 Å². The molecule has 1 atom stereocenters. The Labute approximate surface area is 109 Å². The molecule has 0 fully saturated rings. The van der Waals surface area contributed by atoms with Gasteiger partial charge in [-0.2, -0.15) is 5.10 Å². The average molecular weight is 255 g/mol. The van der Waals surface area contributed by atoms with Crippen molar-refractivity contribution in [3.63, 3.8) is 0 Å². The topological polar surface area (TPSA) is 48.3 Å². The summed E-state index contributed by atoms with van der Waals surface area (Å²) in [5.41, 5.74) is 1.05. The summed E-state index contributed by atoms with van der Waals surface area (Å²) in [4.78, 5) is 0. The molecule has 1 unspecified atom stereocenters. The molecule has 0 bridgehead atoms. The number of hydrogen-bond donors (Lipinski definition) is 1. The first-order chi connectivity index (χ1) is 8.71. The molecular formula is C13H25N3O2. The number of rotatable bonds is 9. The van der Waals surface area contributed by atoms with Gasteiger partial charge in [0.05, 0.1) is 11.7 Å². The van der Waals surface area contributed by atoms with E-state index in [1.165, 1.54) is 0 Å². The van der Waals surface area contributed by atoms with Crippen molar-refractivity contribution in [2.45, 2.75) is 39.5 Å². The maximum absolute atomic E-state index is 5.66. The Morgan fingerprint density at radius 3 is 2.39 bits per heavy atom. The summed E-state index contributed by atoms with van der Waals surface area (Å²) in [6.45, 7) is 8.23. The zero-order chi connectivity index (χ0) is 13.4. The van der Waals surface area contributed by atoms with Gasteiger partial charge in [-0.3, -0.25) is 4.68 Å². The second-order valence-electron chi connectivity index (χ2n) is 4.13. The third-order valence-corrected chi connectivity index (χ3v) is 2.65. The quantitative estimate of drug-likeness (QED) is 0.677. The number of nitrogens with one attached hydrogen (secondary N) is 1. The van der Waals surface area contributed by atoms with Crippen LogP contribution in [0, 0.1) is 0 Å². The van der Waals surface area contributed by atoms with Gasteiger partial charge in [0.2, 0.25) is 0 Å². The Morgan fingerprint density at radius 2 is 1.94 bits per heavy atom.